The van der Waals surface area contributed by atoms with Crippen molar-refractivity contribution in [3.05, 3.63) is 0 Å². The highest BCUT2D eigenvalue weighted by atomic mass is 16.5. The van der Waals surface area contributed by atoms with E-state index in [1.165, 1.54) is 0 Å². The molecule has 0 rings (SSSR count). The van der Waals surface area contributed by atoms with Crippen LogP contribution >= 0.6 is 0 Å². The van der Waals surface area contributed by atoms with Crippen molar-refractivity contribution in [2.24, 2.45) is 11.7 Å². The summed E-state index contributed by atoms with van der Waals surface area (Å²) in [6, 6.07) is 0. The van der Waals surface area contributed by atoms with Crippen LogP contribution in [-0.4, -0.2) is 12.7 Å². The molecule has 52 valence electrons. The van der Waals surface area contributed by atoms with Gasteiger partial charge in [0, 0.05) is 7.11 Å². The molecular formula is C5H16N2O. The van der Waals surface area contributed by atoms with Crippen LogP contribution in [-0.2, 0) is 4.74 Å². The van der Waals surface area contributed by atoms with Gasteiger partial charge < -0.3 is 4.74 Å². The molecule has 0 aromatic carbocycles. The summed E-state index contributed by atoms with van der Waals surface area (Å²) in [5.74, 6) is 8.00. The molecule has 0 unspecified atom stereocenters. The third-order valence-electron chi connectivity index (χ3n) is 0.612. The van der Waals surface area contributed by atoms with Crippen LogP contribution in [0.15, 0.2) is 0 Å². The molecule has 8 heavy (non-hydrogen) atoms. The lowest BCUT2D eigenvalue weighted by Crippen LogP contribution is -2.15. The number of rotatable bonds is 0. The zero-order chi connectivity index (χ0) is 7.21. The number of hydrogen-bond donors (Lipinski definition) is 2. The number of hydrogen-bond acceptors (Lipinski definition) is 3. The summed E-state index contributed by atoms with van der Waals surface area (Å²) in [6.07, 6.45) is 0. The SMILES string of the molecule is COC(C)(C)C.NN. The third-order valence-corrected chi connectivity index (χ3v) is 0.612. The normalized spacial score (nSPS) is 9.75. The van der Waals surface area contributed by atoms with Gasteiger partial charge >= 0.3 is 0 Å². The fourth-order valence-electron chi connectivity index (χ4n) is 0. The lowest BCUT2D eigenvalue weighted by molar-refractivity contribution is 0.0397. The van der Waals surface area contributed by atoms with E-state index in [0.717, 1.165) is 0 Å². The molecule has 0 bridgehead atoms. The molecule has 0 aromatic heterocycles. The van der Waals surface area contributed by atoms with Gasteiger partial charge in [0.15, 0.2) is 0 Å². The molecule has 0 spiro atoms. The molecule has 0 radical (unpaired) electrons. The van der Waals surface area contributed by atoms with Crippen molar-refractivity contribution in [1.29, 1.82) is 0 Å². The van der Waals surface area contributed by atoms with E-state index in [9.17, 15) is 0 Å². The van der Waals surface area contributed by atoms with Gasteiger partial charge in [-0.1, -0.05) is 0 Å². The quantitative estimate of drug-likeness (QED) is 0.356. The molecule has 0 aliphatic heterocycles. The van der Waals surface area contributed by atoms with Crippen LogP contribution in [0, 0.1) is 0 Å². The molecule has 0 saturated heterocycles. The second-order valence-electron chi connectivity index (χ2n) is 2.32. The van der Waals surface area contributed by atoms with Crippen molar-refractivity contribution in [3.8, 4) is 0 Å². The van der Waals surface area contributed by atoms with Gasteiger partial charge in [-0.2, -0.15) is 0 Å². The Bertz CT molecular complexity index is 40.2. The summed E-state index contributed by atoms with van der Waals surface area (Å²) in [4.78, 5) is 0. The van der Waals surface area contributed by atoms with Gasteiger partial charge in [-0.25, -0.2) is 0 Å². The minimum Gasteiger partial charge on any atom is -0.379 e. The second kappa shape index (κ2) is 5.03. The van der Waals surface area contributed by atoms with Gasteiger partial charge in [-0.05, 0) is 20.8 Å². The van der Waals surface area contributed by atoms with Gasteiger partial charge in [0.05, 0.1) is 5.60 Å². The molecule has 0 aliphatic rings. The van der Waals surface area contributed by atoms with Crippen LogP contribution in [0.1, 0.15) is 20.8 Å². The lowest BCUT2D eigenvalue weighted by atomic mass is 10.2. The van der Waals surface area contributed by atoms with Gasteiger partial charge in [0.2, 0.25) is 0 Å². The van der Waals surface area contributed by atoms with E-state index >= 15 is 0 Å². The number of ether oxygens (including phenoxy) is 1. The third kappa shape index (κ3) is 16.9. The van der Waals surface area contributed by atoms with Crippen molar-refractivity contribution in [1.82, 2.24) is 0 Å². The van der Waals surface area contributed by atoms with E-state index in [0.29, 0.717) is 0 Å². The van der Waals surface area contributed by atoms with Crippen LogP contribution < -0.4 is 11.7 Å². The van der Waals surface area contributed by atoms with Crippen molar-refractivity contribution >= 4 is 0 Å². The first-order valence-corrected chi connectivity index (χ1v) is 2.45. The standard InChI is InChI=1S/C5H12O.H4N2/c1-5(2,3)6-4;1-2/h1-4H3;1-2H2. The van der Waals surface area contributed by atoms with Crippen molar-refractivity contribution in [3.63, 3.8) is 0 Å². The van der Waals surface area contributed by atoms with Crippen LogP contribution in [0.2, 0.25) is 0 Å². The first-order valence-electron chi connectivity index (χ1n) is 2.45. The van der Waals surface area contributed by atoms with Gasteiger partial charge in [0.25, 0.3) is 0 Å². The molecule has 0 amide bonds. The first kappa shape index (κ1) is 10.8. The minimum absolute atomic E-state index is 0.0417. The Labute approximate surface area is 51.0 Å². The van der Waals surface area contributed by atoms with Crippen molar-refractivity contribution in [2.45, 2.75) is 26.4 Å². The summed E-state index contributed by atoms with van der Waals surface area (Å²) in [7, 11) is 1.71. The summed E-state index contributed by atoms with van der Waals surface area (Å²) in [5.41, 5.74) is 0.0417. The molecule has 0 heterocycles. The molecule has 0 aromatic rings. The van der Waals surface area contributed by atoms with Gasteiger partial charge in [-0.15, -0.1) is 0 Å². The highest BCUT2D eigenvalue weighted by Crippen LogP contribution is 2.02. The Hall–Kier alpha value is -0.120. The number of nitrogens with two attached hydrogens (primary N) is 2. The highest BCUT2D eigenvalue weighted by Gasteiger charge is 2.03. The number of methoxy groups -OCH3 is 1. The van der Waals surface area contributed by atoms with E-state index in [1.54, 1.807) is 7.11 Å². The van der Waals surface area contributed by atoms with Crippen LogP contribution in [0.5, 0.6) is 0 Å². The second-order valence-corrected chi connectivity index (χ2v) is 2.32. The Morgan fingerprint density at radius 2 is 1.25 bits per heavy atom. The van der Waals surface area contributed by atoms with E-state index in [1.807, 2.05) is 20.8 Å². The van der Waals surface area contributed by atoms with Gasteiger partial charge in [-0.3, -0.25) is 11.7 Å². The topological polar surface area (TPSA) is 61.3 Å². The zero-order valence-corrected chi connectivity index (χ0v) is 6.06. The lowest BCUT2D eigenvalue weighted by Gasteiger charge is -2.14. The molecule has 4 N–H and O–H groups in total. The fraction of sp³-hybridized carbons (Fsp3) is 1.00. The monoisotopic (exact) mass is 120 g/mol. The van der Waals surface area contributed by atoms with E-state index < -0.39 is 0 Å². The molecule has 0 fully saturated rings. The predicted octanol–water partition coefficient (Wildman–Crippen LogP) is 0.250. The summed E-state index contributed by atoms with van der Waals surface area (Å²) in [6.45, 7) is 6.06. The maximum absolute atomic E-state index is 4.94. The van der Waals surface area contributed by atoms with E-state index in [4.69, 9.17) is 4.74 Å². The summed E-state index contributed by atoms with van der Waals surface area (Å²) >= 11 is 0. The summed E-state index contributed by atoms with van der Waals surface area (Å²) < 4.78 is 4.94. The van der Waals surface area contributed by atoms with Gasteiger partial charge in [0.1, 0.15) is 0 Å². The Kier molecular flexibility index (Phi) is 6.78. The number of hydrazine groups is 1. The van der Waals surface area contributed by atoms with Crippen LogP contribution in [0.4, 0.5) is 0 Å². The zero-order valence-electron chi connectivity index (χ0n) is 6.06. The van der Waals surface area contributed by atoms with E-state index in [-0.39, 0.29) is 5.60 Å². The van der Waals surface area contributed by atoms with Crippen LogP contribution in [0.25, 0.3) is 0 Å². The molecular weight excluding hydrogens is 104 g/mol. The molecule has 0 atom stereocenters. The van der Waals surface area contributed by atoms with Crippen LogP contribution in [0.3, 0.4) is 0 Å². The Morgan fingerprint density at radius 3 is 1.25 bits per heavy atom. The minimum atomic E-state index is 0.0417. The predicted molar refractivity (Wildman–Crippen MR) is 35.1 cm³/mol. The average molecular weight is 120 g/mol. The molecule has 3 nitrogen and oxygen atoms in total. The van der Waals surface area contributed by atoms with Crippen molar-refractivity contribution in [2.75, 3.05) is 7.11 Å². The van der Waals surface area contributed by atoms with E-state index in [2.05, 4.69) is 11.7 Å². The van der Waals surface area contributed by atoms with Crippen molar-refractivity contribution < 1.29 is 4.74 Å². The molecule has 3 heteroatoms. The molecule has 0 saturated carbocycles. The maximum Gasteiger partial charge on any atom is 0.0594 e. The average Bonchev–Trinajstić information content (AvgIpc) is 1.71. The summed E-state index contributed by atoms with van der Waals surface area (Å²) in [5, 5.41) is 0. The molecule has 0 aliphatic carbocycles. The largest absolute Gasteiger partial charge is 0.379 e. The Balaban J connectivity index is 0. The maximum atomic E-state index is 4.94. The fourth-order valence-corrected chi connectivity index (χ4v) is 0. The highest BCUT2D eigenvalue weighted by molar-refractivity contribution is 4.55. The first-order chi connectivity index (χ1) is 3.56. The Morgan fingerprint density at radius 1 is 1.12 bits per heavy atom. The smallest absolute Gasteiger partial charge is 0.0594 e.